The van der Waals surface area contributed by atoms with Gasteiger partial charge in [-0.05, 0) is 69.1 Å². The molecular formula is C22H27N7O3S. The molecule has 2 aliphatic rings. The molecule has 0 saturated heterocycles. The third-order valence-electron chi connectivity index (χ3n) is 6.27. The van der Waals surface area contributed by atoms with Crippen molar-refractivity contribution in [3.8, 4) is 17.1 Å². The van der Waals surface area contributed by atoms with E-state index in [0.29, 0.717) is 48.4 Å². The molecule has 2 fully saturated rings. The highest BCUT2D eigenvalue weighted by Crippen LogP contribution is 2.41. The highest BCUT2D eigenvalue weighted by Gasteiger charge is 2.29. The number of nitrogens with zero attached hydrogens (tertiary/aromatic N) is 6. The number of aromatic nitrogens is 6. The first-order valence-corrected chi connectivity index (χ1v) is 12.1. The fourth-order valence-electron chi connectivity index (χ4n) is 4.20. The summed E-state index contributed by atoms with van der Waals surface area (Å²) in [6.07, 6.45) is 5.27. The first-order valence-electron chi connectivity index (χ1n) is 11.3. The molecule has 10 nitrogen and oxygen atoms in total. The second-order valence-corrected chi connectivity index (χ2v) is 9.60. The maximum Gasteiger partial charge on any atom is 0.306 e. The van der Waals surface area contributed by atoms with Crippen LogP contribution in [0.15, 0.2) is 12.1 Å². The Labute approximate surface area is 195 Å². The topological polar surface area (TPSA) is 128 Å². The van der Waals surface area contributed by atoms with Crippen molar-refractivity contribution < 1.29 is 14.6 Å². The van der Waals surface area contributed by atoms with E-state index < -0.39 is 5.97 Å². The second kappa shape index (κ2) is 9.05. The van der Waals surface area contributed by atoms with Crippen molar-refractivity contribution in [1.29, 1.82) is 0 Å². The highest BCUT2D eigenvalue weighted by molar-refractivity contribution is 7.05. The van der Waals surface area contributed by atoms with E-state index in [-0.39, 0.29) is 12.0 Å². The standard InChI is InChI=1S/C22H27N7O3S/c1-12-18(32-15-5-3-4-14(10-15)21(30)31)9-8-16(24-12)19-17(29(2)28-26-19)11-23-22-25-20(33-27-22)13-6-7-13/h8-9,13-15H,3-7,10-11H2,1-2H3,(H,23,27)(H,30,31)/t14-,15?/m0/s1. The molecule has 0 amide bonds. The minimum absolute atomic E-state index is 0.103. The smallest absolute Gasteiger partial charge is 0.306 e. The van der Waals surface area contributed by atoms with Gasteiger partial charge in [-0.15, -0.1) is 5.10 Å². The molecular weight excluding hydrogens is 442 g/mol. The molecule has 5 rings (SSSR count). The molecule has 33 heavy (non-hydrogen) atoms. The van der Waals surface area contributed by atoms with Gasteiger partial charge in [0.15, 0.2) is 0 Å². The van der Waals surface area contributed by atoms with Crippen LogP contribution in [0.1, 0.15) is 60.8 Å². The molecule has 174 valence electrons. The third kappa shape index (κ3) is 4.82. The Morgan fingerprint density at radius 1 is 1.27 bits per heavy atom. The molecule has 2 N–H and O–H groups in total. The number of carboxylic acids is 1. The van der Waals surface area contributed by atoms with Gasteiger partial charge in [0.25, 0.3) is 0 Å². The molecule has 1 unspecified atom stereocenters. The summed E-state index contributed by atoms with van der Waals surface area (Å²) in [7, 11) is 1.85. The van der Waals surface area contributed by atoms with Crippen molar-refractivity contribution in [2.75, 3.05) is 5.32 Å². The van der Waals surface area contributed by atoms with E-state index in [9.17, 15) is 9.90 Å². The van der Waals surface area contributed by atoms with Gasteiger partial charge in [0, 0.05) is 13.0 Å². The van der Waals surface area contributed by atoms with Crippen molar-refractivity contribution in [1.82, 2.24) is 29.3 Å². The number of hydrogen-bond acceptors (Lipinski definition) is 9. The monoisotopic (exact) mass is 469 g/mol. The zero-order chi connectivity index (χ0) is 22.9. The van der Waals surface area contributed by atoms with Gasteiger partial charge < -0.3 is 15.2 Å². The van der Waals surface area contributed by atoms with Gasteiger partial charge in [-0.1, -0.05) is 5.21 Å². The van der Waals surface area contributed by atoms with Gasteiger partial charge >= 0.3 is 5.97 Å². The fourth-order valence-corrected chi connectivity index (χ4v) is 5.00. The Morgan fingerprint density at radius 2 is 2.12 bits per heavy atom. The summed E-state index contributed by atoms with van der Waals surface area (Å²) in [6, 6.07) is 3.76. The quantitative estimate of drug-likeness (QED) is 0.509. The fraction of sp³-hybridized carbons (Fsp3) is 0.545. The van der Waals surface area contributed by atoms with Crippen LogP contribution in [0.3, 0.4) is 0 Å². The number of aryl methyl sites for hydroxylation is 2. The van der Waals surface area contributed by atoms with Crippen molar-refractivity contribution in [3.63, 3.8) is 0 Å². The van der Waals surface area contributed by atoms with Crippen molar-refractivity contribution in [2.45, 2.75) is 64.0 Å². The van der Waals surface area contributed by atoms with Gasteiger partial charge in [-0.2, -0.15) is 4.37 Å². The Balaban J connectivity index is 1.28. The zero-order valence-corrected chi connectivity index (χ0v) is 19.5. The summed E-state index contributed by atoms with van der Waals surface area (Å²) in [5.74, 6) is 0.822. The summed E-state index contributed by atoms with van der Waals surface area (Å²) in [6.45, 7) is 2.38. The molecule has 0 radical (unpaired) electrons. The van der Waals surface area contributed by atoms with E-state index in [4.69, 9.17) is 9.72 Å². The van der Waals surface area contributed by atoms with E-state index >= 15 is 0 Å². The Morgan fingerprint density at radius 3 is 2.88 bits per heavy atom. The average Bonchev–Trinajstić information content (AvgIpc) is 3.43. The van der Waals surface area contributed by atoms with Crippen LogP contribution in [0.4, 0.5) is 5.95 Å². The van der Waals surface area contributed by atoms with Crippen LogP contribution >= 0.6 is 11.5 Å². The van der Waals surface area contributed by atoms with Gasteiger partial charge in [0.2, 0.25) is 5.95 Å². The average molecular weight is 470 g/mol. The number of nitrogens with one attached hydrogen (secondary N) is 1. The summed E-state index contributed by atoms with van der Waals surface area (Å²) >= 11 is 1.46. The molecule has 3 aromatic rings. The van der Waals surface area contributed by atoms with Crippen LogP contribution in [-0.2, 0) is 18.4 Å². The second-order valence-electron chi connectivity index (χ2n) is 8.81. The number of pyridine rings is 1. The lowest BCUT2D eigenvalue weighted by Crippen LogP contribution is -2.29. The minimum Gasteiger partial charge on any atom is -0.489 e. The molecule has 0 aliphatic heterocycles. The zero-order valence-electron chi connectivity index (χ0n) is 18.7. The van der Waals surface area contributed by atoms with Gasteiger partial charge in [0.05, 0.1) is 35.6 Å². The van der Waals surface area contributed by atoms with Crippen molar-refractivity contribution in [2.24, 2.45) is 13.0 Å². The van der Waals surface area contributed by atoms with Crippen LogP contribution in [0, 0.1) is 12.8 Å². The van der Waals surface area contributed by atoms with E-state index in [2.05, 4.69) is 25.0 Å². The molecule has 2 atom stereocenters. The van der Waals surface area contributed by atoms with Gasteiger partial charge in [-0.25, -0.2) is 14.6 Å². The number of ether oxygens (including phenoxy) is 1. The minimum atomic E-state index is -0.742. The third-order valence-corrected chi connectivity index (χ3v) is 7.15. The summed E-state index contributed by atoms with van der Waals surface area (Å²) < 4.78 is 12.3. The Hall–Kier alpha value is -3.08. The van der Waals surface area contributed by atoms with E-state index in [0.717, 1.165) is 29.2 Å². The number of carbonyl (C=O) groups is 1. The predicted molar refractivity (Wildman–Crippen MR) is 122 cm³/mol. The first kappa shape index (κ1) is 21.7. The lowest BCUT2D eigenvalue weighted by molar-refractivity contribution is -0.143. The van der Waals surface area contributed by atoms with Crippen molar-refractivity contribution >= 4 is 23.5 Å². The maximum absolute atomic E-state index is 11.3. The van der Waals surface area contributed by atoms with Crippen LogP contribution in [0.2, 0.25) is 0 Å². The largest absolute Gasteiger partial charge is 0.489 e. The number of rotatable bonds is 8. The highest BCUT2D eigenvalue weighted by atomic mass is 32.1. The molecule has 3 aromatic heterocycles. The predicted octanol–water partition coefficient (Wildman–Crippen LogP) is 3.55. The number of anilines is 1. The molecule has 0 aromatic carbocycles. The SMILES string of the molecule is Cc1nc(-c2nnn(C)c2CNc2nsc(C3CC3)n2)ccc1OC1CCC[C@H](C(=O)O)C1. The lowest BCUT2D eigenvalue weighted by atomic mass is 9.87. The van der Waals surface area contributed by atoms with Gasteiger partial charge in [-0.3, -0.25) is 4.79 Å². The number of hydrogen-bond donors (Lipinski definition) is 2. The molecule has 2 saturated carbocycles. The first-order chi connectivity index (χ1) is 16.0. The number of carboxylic acid groups (broad SMARTS) is 1. The lowest BCUT2D eigenvalue weighted by Gasteiger charge is -2.27. The van der Waals surface area contributed by atoms with Crippen molar-refractivity contribution in [3.05, 3.63) is 28.5 Å². The Kier molecular flexibility index (Phi) is 5.96. The number of aliphatic carboxylic acids is 1. The van der Waals surface area contributed by atoms with Crippen LogP contribution in [-0.4, -0.2) is 46.5 Å². The van der Waals surface area contributed by atoms with Crippen LogP contribution in [0.5, 0.6) is 5.75 Å². The molecule has 0 spiro atoms. The Bertz CT molecular complexity index is 1160. The summed E-state index contributed by atoms with van der Waals surface area (Å²) in [5.41, 5.74) is 3.03. The molecule has 0 bridgehead atoms. The maximum atomic E-state index is 11.3. The van der Waals surface area contributed by atoms with E-state index in [1.165, 1.54) is 24.4 Å². The summed E-state index contributed by atoms with van der Waals surface area (Å²) in [4.78, 5) is 20.6. The van der Waals surface area contributed by atoms with E-state index in [1.54, 1.807) is 4.68 Å². The molecule has 2 aliphatic carbocycles. The van der Waals surface area contributed by atoms with Crippen LogP contribution < -0.4 is 10.1 Å². The summed E-state index contributed by atoms with van der Waals surface area (Å²) in [5, 5.41) is 22.2. The van der Waals surface area contributed by atoms with Crippen LogP contribution in [0.25, 0.3) is 11.4 Å². The molecule has 3 heterocycles. The normalized spacial score (nSPS) is 20.5. The van der Waals surface area contributed by atoms with E-state index in [1.807, 2.05) is 26.1 Å². The molecule has 11 heteroatoms. The van der Waals surface area contributed by atoms with Gasteiger partial charge in [0.1, 0.15) is 16.5 Å².